The average molecular weight is 258 g/mol. The summed E-state index contributed by atoms with van der Waals surface area (Å²) in [7, 11) is 1.53. The number of rotatable bonds is 2. The van der Waals surface area contributed by atoms with Gasteiger partial charge in [0.2, 0.25) is 0 Å². The zero-order valence-electron chi connectivity index (χ0n) is 10.7. The molecular formula is C12H18O6. The van der Waals surface area contributed by atoms with Crippen LogP contribution in [0, 0.1) is 5.92 Å². The first kappa shape index (κ1) is 12.3. The van der Waals surface area contributed by atoms with Gasteiger partial charge in [-0.05, 0) is 26.7 Å². The topological polar surface area (TPSA) is 74.2 Å². The van der Waals surface area contributed by atoms with Gasteiger partial charge in [0.25, 0.3) is 0 Å². The minimum Gasteiger partial charge on any atom is -0.481 e. The minimum atomic E-state index is -0.843. The number of fused-ring (bicyclic) bond motifs is 2. The second-order valence-corrected chi connectivity index (χ2v) is 5.63. The first-order valence-electron chi connectivity index (χ1n) is 6.19. The summed E-state index contributed by atoms with van der Waals surface area (Å²) < 4.78 is 22.7. The molecule has 1 aliphatic carbocycles. The van der Waals surface area contributed by atoms with Crippen molar-refractivity contribution in [1.29, 1.82) is 0 Å². The molecule has 5 atom stereocenters. The Balaban J connectivity index is 1.91. The molecule has 0 aromatic heterocycles. The predicted molar refractivity (Wildman–Crippen MR) is 58.8 cm³/mol. The molecular weight excluding hydrogens is 240 g/mol. The number of carboxylic acid groups (broad SMARTS) is 1. The van der Waals surface area contributed by atoms with E-state index in [2.05, 4.69) is 0 Å². The Labute approximate surface area is 105 Å². The highest BCUT2D eigenvalue weighted by Crippen LogP contribution is 2.55. The number of aliphatic carboxylic acids is 1. The van der Waals surface area contributed by atoms with Gasteiger partial charge in [-0.25, -0.2) is 0 Å². The maximum absolute atomic E-state index is 11.3. The van der Waals surface area contributed by atoms with Crippen LogP contribution in [0.5, 0.6) is 0 Å². The number of ether oxygens (including phenoxy) is 4. The predicted octanol–water partition coefficient (Wildman–Crippen LogP) is 0.743. The van der Waals surface area contributed by atoms with Gasteiger partial charge in [0.1, 0.15) is 17.8 Å². The number of hydrogen-bond acceptors (Lipinski definition) is 5. The fourth-order valence-corrected chi connectivity index (χ4v) is 3.29. The highest BCUT2D eigenvalue weighted by molar-refractivity contribution is 5.73. The van der Waals surface area contributed by atoms with E-state index in [4.69, 9.17) is 18.9 Å². The van der Waals surface area contributed by atoms with E-state index in [-0.39, 0.29) is 12.2 Å². The van der Waals surface area contributed by atoms with E-state index < -0.39 is 29.6 Å². The summed E-state index contributed by atoms with van der Waals surface area (Å²) in [6.45, 7) is 3.64. The zero-order chi connectivity index (χ0) is 13.1. The molecule has 0 aromatic rings. The van der Waals surface area contributed by atoms with Crippen molar-refractivity contribution in [2.24, 2.45) is 5.92 Å². The van der Waals surface area contributed by atoms with Gasteiger partial charge in [0.05, 0.1) is 5.92 Å². The largest absolute Gasteiger partial charge is 0.481 e. The van der Waals surface area contributed by atoms with Crippen molar-refractivity contribution in [3.8, 4) is 0 Å². The van der Waals surface area contributed by atoms with Gasteiger partial charge in [-0.2, -0.15) is 0 Å². The van der Waals surface area contributed by atoms with Crippen LogP contribution in [-0.4, -0.2) is 48.1 Å². The van der Waals surface area contributed by atoms with E-state index in [1.807, 2.05) is 13.8 Å². The van der Waals surface area contributed by atoms with Crippen LogP contribution >= 0.6 is 0 Å². The van der Waals surface area contributed by atoms with Gasteiger partial charge in [-0.1, -0.05) is 0 Å². The van der Waals surface area contributed by atoms with E-state index in [1.165, 1.54) is 7.11 Å². The van der Waals surface area contributed by atoms with Gasteiger partial charge in [0, 0.05) is 7.11 Å². The molecule has 18 heavy (non-hydrogen) atoms. The summed E-state index contributed by atoms with van der Waals surface area (Å²) in [6, 6.07) is 0. The Bertz CT molecular complexity index is 381. The first-order valence-corrected chi connectivity index (χ1v) is 6.19. The molecule has 6 nitrogen and oxygen atoms in total. The molecule has 0 aromatic carbocycles. The Morgan fingerprint density at radius 3 is 2.56 bits per heavy atom. The molecule has 2 heterocycles. The Kier molecular flexibility index (Phi) is 2.51. The van der Waals surface area contributed by atoms with Gasteiger partial charge in [0.15, 0.2) is 12.1 Å². The molecule has 3 aliphatic rings. The molecule has 3 rings (SSSR count). The lowest BCUT2D eigenvalue weighted by Gasteiger charge is -2.46. The molecule has 1 saturated carbocycles. The zero-order valence-corrected chi connectivity index (χ0v) is 10.7. The van der Waals surface area contributed by atoms with Crippen molar-refractivity contribution in [2.45, 2.75) is 56.6 Å². The van der Waals surface area contributed by atoms with E-state index in [0.29, 0.717) is 12.8 Å². The molecule has 102 valence electrons. The van der Waals surface area contributed by atoms with E-state index in [0.717, 1.165) is 0 Å². The third kappa shape index (κ3) is 1.46. The lowest BCUT2D eigenvalue weighted by Crippen LogP contribution is -2.58. The third-order valence-electron chi connectivity index (χ3n) is 4.16. The van der Waals surface area contributed by atoms with Crippen molar-refractivity contribution in [2.75, 3.05) is 7.11 Å². The van der Waals surface area contributed by atoms with Gasteiger partial charge in [-0.15, -0.1) is 0 Å². The molecule has 3 fully saturated rings. The van der Waals surface area contributed by atoms with Crippen LogP contribution in [0.1, 0.15) is 26.7 Å². The van der Waals surface area contributed by atoms with Gasteiger partial charge >= 0.3 is 5.97 Å². The lowest BCUT2D eigenvalue weighted by molar-refractivity contribution is -0.278. The minimum absolute atomic E-state index is 0.354. The maximum Gasteiger partial charge on any atom is 0.309 e. The SMILES string of the molecule is CO[C@@H]1O[C@@]2(CC[C@H]2C(=O)O)[C@@H]2OC(C)(C)OC12. The van der Waals surface area contributed by atoms with Gasteiger partial charge in [-0.3, -0.25) is 4.79 Å². The summed E-state index contributed by atoms with van der Waals surface area (Å²) in [5, 5.41) is 9.25. The van der Waals surface area contributed by atoms with Gasteiger partial charge < -0.3 is 24.1 Å². The second-order valence-electron chi connectivity index (χ2n) is 5.63. The molecule has 2 saturated heterocycles. The van der Waals surface area contributed by atoms with Crippen LogP contribution < -0.4 is 0 Å². The Morgan fingerprint density at radius 1 is 1.33 bits per heavy atom. The number of hydrogen-bond donors (Lipinski definition) is 1. The monoisotopic (exact) mass is 258 g/mol. The smallest absolute Gasteiger partial charge is 0.309 e. The van der Waals surface area contributed by atoms with E-state index in [9.17, 15) is 9.90 Å². The van der Waals surface area contributed by atoms with Crippen molar-refractivity contribution in [1.82, 2.24) is 0 Å². The second kappa shape index (κ2) is 3.66. The van der Waals surface area contributed by atoms with Crippen LogP contribution in [0.25, 0.3) is 0 Å². The highest BCUT2D eigenvalue weighted by atomic mass is 16.8. The normalized spacial score (nSPS) is 49.1. The Hall–Kier alpha value is -0.690. The molecule has 1 unspecified atom stereocenters. The number of carboxylic acids is 1. The standard InChI is InChI=1S/C12H18O6/c1-11(2)16-7-8(17-11)12(18-10(7)15-3)5-4-6(12)9(13)14/h6-8,10H,4-5H2,1-3H3,(H,13,14)/t6-,7?,8+,10+,12+/m0/s1. The summed E-state index contributed by atoms with van der Waals surface area (Å²) in [5.74, 6) is -2.10. The molecule has 6 heteroatoms. The van der Waals surface area contributed by atoms with Crippen LogP contribution in [0.4, 0.5) is 0 Å². The maximum atomic E-state index is 11.3. The van der Waals surface area contributed by atoms with Crippen molar-refractivity contribution >= 4 is 5.97 Å². The summed E-state index contributed by atoms with van der Waals surface area (Å²) in [5.41, 5.74) is -0.787. The summed E-state index contributed by atoms with van der Waals surface area (Å²) in [6.07, 6.45) is 0.00168. The average Bonchev–Trinajstić information content (AvgIpc) is 2.67. The summed E-state index contributed by atoms with van der Waals surface area (Å²) in [4.78, 5) is 11.3. The van der Waals surface area contributed by atoms with Crippen LogP contribution in [0.3, 0.4) is 0 Å². The molecule has 1 N–H and O–H groups in total. The molecule has 0 amide bonds. The van der Waals surface area contributed by atoms with Crippen molar-refractivity contribution < 1.29 is 28.8 Å². The highest BCUT2D eigenvalue weighted by Gasteiger charge is 2.70. The first-order chi connectivity index (χ1) is 8.39. The molecule has 0 radical (unpaired) electrons. The fourth-order valence-electron chi connectivity index (χ4n) is 3.29. The fraction of sp³-hybridized carbons (Fsp3) is 0.917. The van der Waals surface area contributed by atoms with Crippen molar-refractivity contribution in [3.63, 3.8) is 0 Å². The lowest BCUT2D eigenvalue weighted by atomic mass is 9.66. The third-order valence-corrected chi connectivity index (χ3v) is 4.16. The van der Waals surface area contributed by atoms with Crippen LogP contribution in [0.15, 0.2) is 0 Å². The molecule has 2 aliphatic heterocycles. The molecule has 0 bridgehead atoms. The molecule has 1 spiro atoms. The van der Waals surface area contributed by atoms with E-state index >= 15 is 0 Å². The number of carbonyl (C=O) groups is 1. The quantitative estimate of drug-likeness (QED) is 0.787. The van der Waals surface area contributed by atoms with Crippen LogP contribution in [0.2, 0.25) is 0 Å². The summed E-state index contributed by atoms with van der Waals surface area (Å²) >= 11 is 0. The Morgan fingerprint density at radius 2 is 2.06 bits per heavy atom. The van der Waals surface area contributed by atoms with Crippen molar-refractivity contribution in [3.05, 3.63) is 0 Å². The van der Waals surface area contributed by atoms with E-state index in [1.54, 1.807) is 0 Å². The van der Waals surface area contributed by atoms with Crippen LogP contribution in [-0.2, 0) is 23.7 Å². The number of methoxy groups -OCH3 is 1.